The summed E-state index contributed by atoms with van der Waals surface area (Å²) in [6.45, 7) is 2.03. The lowest BCUT2D eigenvalue weighted by Crippen LogP contribution is -2.27. The molecule has 1 heterocycles. The van der Waals surface area contributed by atoms with Crippen LogP contribution >= 0.6 is 11.8 Å². The molecule has 3 nitrogen and oxygen atoms in total. The van der Waals surface area contributed by atoms with E-state index in [-0.39, 0.29) is 12.5 Å². The Morgan fingerprint density at radius 3 is 2.44 bits per heavy atom. The molecular formula is C14H19NO2S. The maximum Gasteiger partial charge on any atom is 0.305 e. The third-order valence-electron chi connectivity index (χ3n) is 3.45. The quantitative estimate of drug-likeness (QED) is 0.831. The van der Waals surface area contributed by atoms with Gasteiger partial charge >= 0.3 is 5.97 Å². The van der Waals surface area contributed by atoms with Crippen molar-refractivity contribution in [2.75, 3.05) is 19.3 Å². The smallest absolute Gasteiger partial charge is 0.305 e. The summed E-state index contributed by atoms with van der Waals surface area (Å²) in [5, 5.41) is 9.08. The van der Waals surface area contributed by atoms with Crippen LogP contribution in [0.15, 0.2) is 29.2 Å². The SMILES string of the molecule is CSc1ccc(C(CC(=O)O)N2CCCC2)cc1. The van der Waals surface area contributed by atoms with E-state index in [1.54, 1.807) is 11.8 Å². The van der Waals surface area contributed by atoms with Gasteiger partial charge in [0.25, 0.3) is 0 Å². The molecule has 98 valence electrons. The first kappa shape index (κ1) is 13.4. The summed E-state index contributed by atoms with van der Waals surface area (Å²) >= 11 is 1.71. The molecule has 1 aromatic carbocycles. The van der Waals surface area contributed by atoms with Gasteiger partial charge in [-0.1, -0.05) is 12.1 Å². The fraction of sp³-hybridized carbons (Fsp3) is 0.500. The van der Waals surface area contributed by atoms with Gasteiger partial charge in [0.05, 0.1) is 6.42 Å². The standard InChI is InChI=1S/C14H19NO2S/c1-18-12-6-4-11(5-7-12)13(10-14(16)17)15-8-2-3-9-15/h4-7,13H,2-3,8-10H2,1H3,(H,16,17). The summed E-state index contributed by atoms with van der Waals surface area (Å²) in [5.74, 6) is -0.721. The van der Waals surface area contributed by atoms with Crippen LogP contribution in [0.25, 0.3) is 0 Å². The highest BCUT2D eigenvalue weighted by atomic mass is 32.2. The van der Waals surface area contributed by atoms with E-state index in [1.807, 2.05) is 6.26 Å². The number of thioether (sulfide) groups is 1. The molecule has 0 bridgehead atoms. The van der Waals surface area contributed by atoms with Crippen molar-refractivity contribution in [3.05, 3.63) is 29.8 Å². The van der Waals surface area contributed by atoms with Gasteiger partial charge < -0.3 is 5.11 Å². The summed E-state index contributed by atoms with van der Waals surface area (Å²) in [6, 6.07) is 8.31. The summed E-state index contributed by atoms with van der Waals surface area (Å²) < 4.78 is 0. The van der Waals surface area contributed by atoms with Crippen molar-refractivity contribution < 1.29 is 9.90 Å². The van der Waals surface area contributed by atoms with Crippen LogP contribution in [-0.4, -0.2) is 35.3 Å². The second-order valence-corrected chi connectivity index (χ2v) is 5.51. The van der Waals surface area contributed by atoms with Crippen LogP contribution in [0.2, 0.25) is 0 Å². The number of nitrogens with zero attached hydrogens (tertiary/aromatic N) is 1. The van der Waals surface area contributed by atoms with Crippen molar-refractivity contribution in [1.82, 2.24) is 4.90 Å². The lowest BCUT2D eigenvalue weighted by atomic mass is 10.0. The Bertz CT molecular complexity index is 399. The molecule has 1 aliphatic heterocycles. The van der Waals surface area contributed by atoms with Crippen molar-refractivity contribution in [3.8, 4) is 0 Å². The Morgan fingerprint density at radius 1 is 1.33 bits per heavy atom. The Hall–Kier alpha value is -1.00. The molecule has 1 N–H and O–H groups in total. The van der Waals surface area contributed by atoms with Gasteiger partial charge in [-0.15, -0.1) is 11.8 Å². The van der Waals surface area contributed by atoms with Gasteiger partial charge in [-0.3, -0.25) is 9.69 Å². The Morgan fingerprint density at radius 2 is 1.94 bits per heavy atom. The number of benzene rings is 1. The van der Waals surface area contributed by atoms with Gasteiger partial charge in [0.2, 0.25) is 0 Å². The molecule has 0 radical (unpaired) electrons. The molecular weight excluding hydrogens is 246 g/mol. The van der Waals surface area contributed by atoms with E-state index in [4.69, 9.17) is 5.11 Å². The Balaban J connectivity index is 2.17. The maximum absolute atomic E-state index is 11.0. The van der Waals surface area contributed by atoms with E-state index in [1.165, 1.54) is 17.7 Å². The first-order valence-corrected chi connectivity index (χ1v) is 7.53. The van der Waals surface area contributed by atoms with E-state index < -0.39 is 5.97 Å². The van der Waals surface area contributed by atoms with Gasteiger partial charge in [-0.2, -0.15) is 0 Å². The second kappa shape index (κ2) is 6.25. The Labute approximate surface area is 112 Å². The Kier molecular flexibility index (Phi) is 4.66. The number of aliphatic carboxylic acids is 1. The average molecular weight is 265 g/mol. The summed E-state index contributed by atoms with van der Waals surface area (Å²) in [7, 11) is 0. The van der Waals surface area contributed by atoms with Gasteiger partial charge in [-0.05, 0) is 49.9 Å². The fourth-order valence-electron chi connectivity index (χ4n) is 2.50. The van der Waals surface area contributed by atoms with Crippen LogP contribution in [0.1, 0.15) is 30.9 Å². The van der Waals surface area contributed by atoms with E-state index in [0.29, 0.717) is 0 Å². The summed E-state index contributed by atoms with van der Waals surface area (Å²) in [4.78, 5) is 14.5. The minimum atomic E-state index is -0.721. The monoisotopic (exact) mass is 265 g/mol. The largest absolute Gasteiger partial charge is 0.481 e. The zero-order valence-electron chi connectivity index (χ0n) is 10.6. The minimum Gasteiger partial charge on any atom is -0.481 e. The normalized spacial score (nSPS) is 17.8. The first-order valence-electron chi connectivity index (χ1n) is 6.30. The third kappa shape index (κ3) is 3.27. The molecule has 0 aliphatic carbocycles. The average Bonchev–Trinajstić information content (AvgIpc) is 2.89. The highest BCUT2D eigenvalue weighted by Gasteiger charge is 2.25. The number of carboxylic acid groups (broad SMARTS) is 1. The van der Waals surface area contributed by atoms with Crippen LogP contribution in [0, 0.1) is 0 Å². The molecule has 18 heavy (non-hydrogen) atoms. The molecule has 2 rings (SSSR count). The van der Waals surface area contributed by atoms with Crippen LogP contribution in [-0.2, 0) is 4.79 Å². The summed E-state index contributed by atoms with van der Waals surface area (Å²) in [6.07, 6.45) is 4.60. The summed E-state index contributed by atoms with van der Waals surface area (Å²) in [5.41, 5.74) is 1.12. The molecule has 0 saturated carbocycles. The van der Waals surface area contributed by atoms with E-state index >= 15 is 0 Å². The minimum absolute atomic E-state index is 0.0286. The number of hydrogen-bond donors (Lipinski definition) is 1. The van der Waals surface area contributed by atoms with E-state index in [0.717, 1.165) is 18.7 Å². The molecule has 1 saturated heterocycles. The number of rotatable bonds is 5. The number of carboxylic acids is 1. The molecule has 4 heteroatoms. The molecule has 0 aromatic heterocycles. The predicted molar refractivity (Wildman–Crippen MR) is 74.0 cm³/mol. The number of hydrogen-bond acceptors (Lipinski definition) is 3. The number of carbonyl (C=O) groups is 1. The highest BCUT2D eigenvalue weighted by Crippen LogP contribution is 2.29. The van der Waals surface area contributed by atoms with Gasteiger partial charge in [0.15, 0.2) is 0 Å². The lowest BCUT2D eigenvalue weighted by Gasteiger charge is -2.26. The zero-order valence-corrected chi connectivity index (χ0v) is 11.4. The fourth-order valence-corrected chi connectivity index (χ4v) is 2.91. The molecule has 0 spiro atoms. The highest BCUT2D eigenvalue weighted by molar-refractivity contribution is 7.98. The van der Waals surface area contributed by atoms with E-state index in [9.17, 15) is 4.79 Å². The molecule has 1 aliphatic rings. The van der Waals surface area contributed by atoms with Crippen LogP contribution in [0.3, 0.4) is 0 Å². The maximum atomic E-state index is 11.0. The number of likely N-dealkylation sites (tertiary alicyclic amines) is 1. The van der Waals surface area contributed by atoms with Gasteiger partial charge in [0.1, 0.15) is 0 Å². The molecule has 1 unspecified atom stereocenters. The molecule has 0 amide bonds. The zero-order chi connectivity index (χ0) is 13.0. The molecule has 1 atom stereocenters. The second-order valence-electron chi connectivity index (χ2n) is 4.63. The van der Waals surface area contributed by atoms with Crippen molar-refractivity contribution >= 4 is 17.7 Å². The van der Waals surface area contributed by atoms with Crippen molar-refractivity contribution in [2.45, 2.75) is 30.2 Å². The van der Waals surface area contributed by atoms with Crippen LogP contribution in [0.5, 0.6) is 0 Å². The van der Waals surface area contributed by atoms with E-state index in [2.05, 4.69) is 29.2 Å². The van der Waals surface area contributed by atoms with Crippen molar-refractivity contribution in [3.63, 3.8) is 0 Å². The van der Waals surface area contributed by atoms with Crippen LogP contribution in [0.4, 0.5) is 0 Å². The lowest BCUT2D eigenvalue weighted by molar-refractivity contribution is -0.138. The van der Waals surface area contributed by atoms with Gasteiger partial charge in [0, 0.05) is 10.9 Å². The van der Waals surface area contributed by atoms with Crippen molar-refractivity contribution in [1.29, 1.82) is 0 Å². The molecule has 1 fully saturated rings. The molecule has 1 aromatic rings. The topological polar surface area (TPSA) is 40.5 Å². The third-order valence-corrected chi connectivity index (χ3v) is 4.19. The van der Waals surface area contributed by atoms with Crippen LogP contribution < -0.4 is 0 Å². The van der Waals surface area contributed by atoms with Gasteiger partial charge in [-0.25, -0.2) is 0 Å². The predicted octanol–water partition coefficient (Wildman–Crippen LogP) is 3.02. The first-order chi connectivity index (χ1) is 8.70. The van der Waals surface area contributed by atoms with Crippen molar-refractivity contribution in [2.24, 2.45) is 0 Å².